The molecule has 1 aromatic rings. The van der Waals surface area contributed by atoms with Crippen molar-refractivity contribution in [1.29, 1.82) is 0 Å². The maximum Gasteiger partial charge on any atom is 0.307 e. The summed E-state index contributed by atoms with van der Waals surface area (Å²) >= 11 is 3.38. The Balaban J connectivity index is 1.82. The fourth-order valence-corrected chi connectivity index (χ4v) is 2.77. The number of rotatable bonds is 5. The first-order valence-electron chi connectivity index (χ1n) is 6.95. The Hall–Kier alpha value is -1.40. The zero-order valence-corrected chi connectivity index (χ0v) is 13.5. The van der Waals surface area contributed by atoms with Gasteiger partial charge in [0.2, 0.25) is 5.91 Å². The van der Waals surface area contributed by atoms with Crippen molar-refractivity contribution in [2.45, 2.75) is 19.4 Å². The Bertz CT molecular complexity index is 518. The number of carboxylic acids is 1. The van der Waals surface area contributed by atoms with Gasteiger partial charge >= 0.3 is 5.97 Å². The minimum Gasteiger partial charge on any atom is -0.481 e. The van der Waals surface area contributed by atoms with Crippen molar-refractivity contribution in [2.75, 3.05) is 19.6 Å². The SMILES string of the molecule is C[C@H](NC(=O)CN1CC[C@H](C(=O)O)C1)c1ccc(Br)cc1. The van der Waals surface area contributed by atoms with Crippen LogP contribution in [-0.4, -0.2) is 41.5 Å². The molecule has 0 bridgehead atoms. The first kappa shape index (κ1) is 16.0. The van der Waals surface area contributed by atoms with Gasteiger partial charge in [-0.25, -0.2) is 0 Å². The highest BCUT2D eigenvalue weighted by molar-refractivity contribution is 9.10. The van der Waals surface area contributed by atoms with E-state index in [1.807, 2.05) is 36.1 Å². The van der Waals surface area contributed by atoms with Crippen LogP contribution in [0.2, 0.25) is 0 Å². The number of benzene rings is 1. The molecule has 2 atom stereocenters. The van der Waals surface area contributed by atoms with Crippen molar-refractivity contribution >= 4 is 27.8 Å². The molecule has 0 unspecified atom stereocenters. The lowest BCUT2D eigenvalue weighted by Gasteiger charge is -2.18. The van der Waals surface area contributed by atoms with Crippen LogP contribution in [0.5, 0.6) is 0 Å². The number of likely N-dealkylation sites (tertiary alicyclic amines) is 1. The first-order chi connectivity index (χ1) is 9.95. The van der Waals surface area contributed by atoms with Gasteiger partial charge in [0.25, 0.3) is 0 Å². The molecule has 0 spiro atoms. The quantitative estimate of drug-likeness (QED) is 0.848. The van der Waals surface area contributed by atoms with Gasteiger partial charge in [0.05, 0.1) is 18.5 Å². The van der Waals surface area contributed by atoms with E-state index in [0.717, 1.165) is 10.0 Å². The van der Waals surface area contributed by atoms with E-state index in [9.17, 15) is 9.59 Å². The molecule has 2 rings (SSSR count). The molecule has 2 N–H and O–H groups in total. The number of hydrogen-bond donors (Lipinski definition) is 2. The summed E-state index contributed by atoms with van der Waals surface area (Å²) < 4.78 is 1.00. The highest BCUT2D eigenvalue weighted by atomic mass is 79.9. The lowest BCUT2D eigenvalue weighted by Crippen LogP contribution is -2.37. The van der Waals surface area contributed by atoms with Crippen LogP contribution in [-0.2, 0) is 9.59 Å². The van der Waals surface area contributed by atoms with E-state index >= 15 is 0 Å². The van der Waals surface area contributed by atoms with Crippen molar-refractivity contribution in [3.63, 3.8) is 0 Å². The van der Waals surface area contributed by atoms with Crippen molar-refractivity contribution in [3.8, 4) is 0 Å². The minimum absolute atomic E-state index is 0.0662. The summed E-state index contributed by atoms with van der Waals surface area (Å²) in [7, 11) is 0. The topological polar surface area (TPSA) is 69.6 Å². The molecular weight excluding hydrogens is 336 g/mol. The number of amides is 1. The van der Waals surface area contributed by atoms with Gasteiger partial charge in [0, 0.05) is 11.0 Å². The van der Waals surface area contributed by atoms with E-state index in [2.05, 4.69) is 21.2 Å². The molecule has 5 nitrogen and oxygen atoms in total. The molecule has 1 aliphatic heterocycles. The number of carboxylic acid groups (broad SMARTS) is 1. The molecule has 1 aromatic carbocycles. The maximum absolute atomic E-state index is 12.0. The summed E-state index contributed by atoms with van der Waals surface area (Å²) in [6.07, 6.45) is 0.616. The van der Waals surface area contributed by atoms with Crippen molar-refractivity contribution < 1.29 is 14.7 Å². The fraction of sp³-hybridized carbons (Fsp3) is 0.467. The fourth-order valence-electron chi connectivity index (χ4n) is 2.50. The van der Waals surface area contributed by atoms with Crippen molar-refractivity contribution in [3.05, 3.63) is 34.3 Å². The number of nitrogens with zero attached hydrogens (tertiary/aromatic N) is 1. The van der Waals surface area contributed by atoms with Crippen molar-refractivity contribution in [2.24, 2.45) is 5.92 Å². The summed E-state index contributed by atoms with van der Waals surface area (Å²) in [4.78, 5) is 24.8. The second-order valence-electron chi connectivity index (χ2n) is 5.40. The number of aliphatic carboxylic acids is 1. The molecular formula is C15H19BrN2O3. The molecule has 0 aliphatic carbocycles. The van der Waals surface area contributed by atoms with Gasteiger partial charge in [-0.1, -0.05) is 28.1 Å². The van der Waals surface area contributed by atoms with Crippen LogP contribution in [0.15, 0.2) is 28.7 Å². The van der Waals surface area contributed by atoms with E-state index in [0.29, 0.717) is 19.5 Å². The normalized spacial score (nSPS) is 20.2. The zero-order chi connectivity index (χ0) is 15.4. The number of carbonyl (C=O) groups is 2. The molecule has 1 saturated heterocycles. The lowest BCUT2D eigenvalue weighted by molar-refractivity contribution is -0.141. The third kappa shape index (κ3) is 4.54. The summed E-state index contributed by atoms with van der Waals surface area (Å²) in [5.41, 5.74) is 1.04. The molecule has 1 fully saturated rings. The van der Waals surface area contributed by atoms with Gasteiger partial charge in [-0.2, -0.15) is 0 Å². The molecule has 6 heteroatoms. The van der Waals surface area contributed by atoms with E-state index < -0.39 is 5.97 Å². The van der Waals surface area contributed by atoms with Crippen LogP contribution in [0.25, 0.3) is 0 Å². The van der Waals surface area contributed by atoms with E-state index in [-0.39, 0.29) is 24.4 Å². The van der Waals surface area contributed by atoms with Crippen LogP contribution < -0.4 is 5.32 Å². The molecule has 114 valence electrons. The summed E-state index contributed by atoms with van der Waals surface area (Å²) in [5, 5.41) is 11.9. The first-order valence-corrected chi connectivity index (χ1v) is 7.75. The van der Waals surface area contributed by atoms with Gasteiger partial charge in [-0.05, 0) is 37.6 Å². The Morgan fingerprint density at radius 3 is 2.67 bits per heavy atom. The number of nitrogens with one attached hydrogen (secondary N) is 1. The predicted octanol–water partition coefficient (Wildman–Crippen LogP) is 2.03. The molecule has 1 heterocycles. The predicted molar refractivity (Wildman–Crippen MR) is 82.9 cm³/mol. The minimum atomic E-state index is -0.777. The van der Waals surface area contributed by atoms with Crippen LogP contribution in [0.4, 0.5) is 0 Å². The third-order valence-electron chi connectivity index (χ3n) is 3.74. The zero-order valence-electron chi connectivity index (χ0n) is 11.9. The average Bonchev–Trinajstić information content (AvgIpc) is 2.87. The van der Waals surface area contributed by atoms with E-state index in [1.54, 1.807) is 0 Å². The van der Waals surface area contributed by atoms with Crippen LogP contribution in [0.3, 0.4) is 0 Å². The van der Waals surface area contributed by atoms with E-state index in [4.69, 9.17) is 5.11 Å². The van der Waals surface area contributed by atoms with Gasteiger partial charge in [0.15, 0.2) is 0 Å². The summed E-state index contributed by atoms with van der Waals surface area (Å²) in [6, 6.07) is 7.74. The smallest absolute Gasteiger partial charge is 0.307 e. The Morgan fingerprint density at radius 2 is 2.10 bits per heavy atom. The highest BCUT2D eigenvalue weighted by Gasteiger charge is 2.29. The molecule has 1 amide bonds. The number of hydrogen-bond acceptors (Lipinski definition) is 3. The molecule has 21 heavy (non-hydrogen) atoms. The van der Waals surface area contributed by atoms with Crippen LogP contribution in [0, 0.1) is 5.92 Å². The summed E-state index contributed by atoms with van der Waals surface area (Å²) in [5.74, 6) is -1.20. The van der Waals surface area contributed by atoms with Crippen LogP contribution in [0.1, 0.15) is 24.9 Å². The summed E-state index contributed by atoms with van der Waals surface area (Å²) in [6.45, 7) is 3.31. The van der Waals surface area contributed by atoms with Gasteiger partial charge in [-0.15, -0.1) is 0 Å². The Kier molecular flexibility index (Phi) is 5.36. The Labute approximate surface area is 132 Å². The molecule has 0 radical (unpaired) electrons. The van der Waals surface area contributed by atoms with Gasteiger partial charge in [0.1, 0.15) is 0 Å². The van der Waals surface area contributed by atoms with E-state index in [1.165, 1.54) is 0 Å². The molecule has 1 aliphatic rings. The second-order valence-corrected chi connectivity index (χ2v) is 6.32. The van der Waals surface area contributed by atoms with Crippen molar-refractivity contribution in [1.82, 2.24) is 10.2 Å². The molecule has 0 saturated carbocycles. The Morgan fingerprint density at radius 1 is 1.43 bits per heavy atom. The largest absolute Gasteiger partial charge is 0.481 e. The molecule has 0 aromatic heterocycles. The number of carbonyl (C=O) groups excluding carboxylic acids is 1. The maximum atomic E-state index is 12.0. The lowest BCUT2D eigenvalue weighted by atomic mass is 10.1. The standard InChI is InChI=1S/C15H19BrN2O3/c1-10(11-2-4-13(16)5-3-11)17-14(19)9-18-7-6-12(8-18)15(20)21/h2-5,10,12H,6-9H2,1H3,(H,17,19)(H,20,21)/t10-,12-/m0/s1. The monoisotopic (exact) mass is 354 g/mol. The second kappa shape index (κ2) is 7.04. The van der Waals surface area contributed by atoms with Gasteiger partial charge in [-0.3, -0.25) is 14.5 Å². The average molecular weight is 355 g/mol. The third-order valence-corrected chi connectivity index (χ3v) is 4.26. The highest BCUT2D eigenvalue weighted by Crippen LogP contribution is 2.18. The van der Waals surface area contributed by atoms with Gasteiger partial charge < -0.3 is 10.4 Å². The van der Waals surface area contributed by atoms with Crippen LogP contribution >= 0.6 is 15.9 Å². The number of halogens is 1.